The number of benzene rings is 2. The molecule has 1 aromatic heterocycles. The first-order chi connectivity index (χ1) is 13.0. The van der Waals surface area contributed by atoms with Crippen molar-refractivity contribution in [3.05, 3.63) is 76.3 Å². The van der Waals surface area contributed by atoms with Crippen molar-refractivity contribution in [1.29, 1.82) is 0 Å². The van der Waals surface area contributed by atoms with Crippen molar-refractivity contribution in [1.82, 2.24) is 9.78 Å². The van der Waals surface area contributed by atoms with E-state index < -0.39 is 0 Å². The SMILES string of the molecule is Cc1nn(-c2ccc(F)cc2)c(Cl)c1/C=N/N=C1\C(=O)Nc2ccccc21. The number of nitrogens with one attached hydrogen (secondary N) is 1. The standard InChI is InChI=1S/C19H13ClFN5O/c1-11-15(18(20)26(25-11)13-8-6-12(21)7-9-13)10-22-24-17-14-4-2-3-5-16(14)23-19(17)27/h2-10H,1H3,(H,23,24,27)/b22-10+. The molecule has 134 valence electrons. The van der Waals surface area contributed by atoms with Crippen LogP contribution in [-0.4, -0.2) is 27.6 Å². The molecule has 0 unspecified atom stereocenters. The Morgan fingerprint density at radius 2 is 1.93 bits per heavy atom. The number of hydrogen-bond acceptors (Lipinski definition) is 4. The highest BCUT2D eigenvalue weighted by atomic mass is 35.5. The highest BCUT2D eigenvalue weighted by Crippen LogP contribution is 2.24. The predicted octanol–water partition coefficient (Wildman–Crippen LogP) is 3.75. The van der Waals surface area contributed by atoms with Gasteiger partial charge in [0.25, 0.3) is 5.91 Å². The van der Waals surface area contributed by atoms with E-state index in [2.05, 4.69) is 20.6 Å². The second-order valence-corrected chi connectivity index (χ2v) is 6.23. The molecular weight excluding hydrogens is 369 g/mol. The molecule has 0 saturated carbocycles. The van der Waals surface area contributed by atoms with Crippen LogP contribution in [0.15, 0.2) is 58.7 Å². The molecule has 1 aliphatic heterocycles. The average Bonchev–Trinajstić information content (AvgIpc) is 3.13. The van der Waals surface area contributed by atoms with Crippen LogP contribution in [0.1, 0.15) is 16.8 Å². The number of anilines is 1. The van der Waals surface area contributed by atoms with E-state index in [0.29, 0.717) is 33.3 Å². The molecule has 2 aromatic carbocycles. The van der Waals surface area contributed by atoms with E-state index >= 15 is 0 Å². The first-order valence-electron chi connectivity index (χ1n) is 8.07. The fraction of sp³-hybridized carbons (Fsp3) is 0.0526. The molecule has 0 spiro atoms. The highest BCUT2D eigenvalue weighted by molar-refractivity contribution is 6.53. The van der Waals surface area contributed by atoms with Crippen LogP contribution in [0.3, 0.4) is 0 Å². The van der Waals surface area contributed by atoms with Gasteiger partial charge in [0.15, 0.2) is 5.71 Å². The molecule has 4 rings (SSSR count). The fourth-order valence-corrected chi connectivity index (χ4v) is 3.08. The van der Waals surface area contributed by atoms with Crippen LogP contribution in [0.25, 0.3) is 5.69 Å². The Labute approximate surface area is 159 Å². The maximum atomic E-state index is 13.1. The van der Waals surface area contributed by atoms with Crippen LogP contribution < -0.4 is 5.32 Å². The monoisotopic (exact) mass is 381 g/mol. The van der Waals surface area contributed by atoms with Gasteiger partial charge in [-0.25, -0.2) is 9.07 Å². The summed E-state index contributed by atoms with van der Waals surface area (Å²) in [6.45, 7) is 1.78. The molecule has 27 heavy (non-hydrogen) atoms. The summed E-state index contributed by atoms with van der Waals surface area (Å²) >= 11 is 6.40. The lowest BCUT2D eigenvalue weighted by molar-refractivity contribution is -0.110. The summed E-state index contributed by atoms with van der Waals surface area (Å²) in [6, 6.07) is 13.1. The number of aromatic nitrogens is 2. The van der Waals surface area contributed by atoms with Crippen LogP contribution in [0.2, 0.25) is 5.15 Å². The van der Waals surface area contributed by atoms with Gasteiger partial charge >= 0.3 is 0 Å². The largest absolute Gasteiger partial charge is 0.320 e. The molecule has 0 saturated heterocycles. The van der Waals surface area contributed by atoms with Gasteiger partial charge in [-0.2, -0.15) is 10.2 Å². The van der Waals surface area contributed by atoms with Crippen molar-refractivity contribution in [3.63, 3.8) is 0 Å². The predicted molar refractivity (Wildman–Crippen MR) is 102 cm³/mol. The third kappa shape index (κ3) is 3.13. The number of halogens is 2. The van der Waals surface area contributed by atoms with Crippen LogP contribution in [0.4, 0.5) is 10.1 Å². The van der Waals surface area contributed by atoms with E-state index in [1.165, 1.54) is 23.0 Å². The first-order valence-corrected chi connectivity index (χ1v) is 8.45. The van der Waals surface area contributed by atoms with Crippen LogP contribution >= 0.6 is 11.6 Å². The van der Waals surface area contributed by atoms with Crippen molar-refractivity contribution in [3.8, 4) is 5.69 Å². The molecule has 3 aromatic rings. The summed E-state index contributed by atoms with van der Waals surface area (Å²) < 4.78 is 14.6. The third-order valence-corrected chi connectivity index (χ3v) is 4.47. The van der Waals surface area contributed by atoms with Crippen LogP contribution in [-0.2, 0) is 4.79 Å². The van der Waals surface area contributed by atoms with Gasteiger partial charge in [0.1, 0.15) is 11.0 Å². The molecular formula is C19H13ClFN5O. The number of amides is 1. The number of carbonyl (C=O) groups excluding carboxylic acids is 1. The Morgan fingerprint density at radius 1 is 1.19 bits per heavy atom. The van der Waals surface area contributed by atoms with E-state index in [-0.39, 0.29) is 17.4 Å². The average molecular weight is 382 g/mol. The van der Waals surface area contributed by atoms with Gasteiger partial charge in [-0.1, -0.05) is 29.8 Å². The summed E-state index contributed by atoms with van der Waals surface area (Å²) in [5.74, 6) is -0.648. The summed E-state index contributed by atoms with van der Waals surface area (Å²) in [4.78, 5) is 12.0. The lowest BCUT2D eigenvalue weighted by Gasteiger charge is -2.02. The van der Waals surface area contributed by atoms with Crippen LogP contribution in [0.5, 0.6) is 0 Å². The second-order valence-electron chi connectivity index (χ2n) is 5.87. The number of fused-ring (bicyclic) bond motifs is 1. The minimum atomic E-state index is -0.341. The Morgan fingerprint density at radius 3 is 2.70 bits per heavy atom. The number of hydrogen-bond donors (Lipinski definition) is 1. The zero-order chi connectivity index (χ0) is 19.0. The van der Waals surface area contributed by atoms with Crippen molar-refractivity contribution in [2.24, 2.45) is 10.2 Å². The van der Waals surface area contributed by atoms with Gasteiger partial charge in [0.05, 0.1) is 28.8 Å². The molecule has 2 heterocycles. The Bertz CT molecular complexity index is 1100. The third-order valence-electron chi connectivity index (χ3n) is 4.11. The van der Waals surface area contributed by atoms with Crippen LogP contribution in [0, 0.1) is 12.7 Å². The second kappa shape index (κ2) is 6.77. The number of nitrogens with zero attached hydrogens (tertiary/aromatic N) is 4. The van der Waals surface area contributed by atoms with E-state index in [1.807, 2.05) is 12.1 Å². The van der Waals surface area contributed by atoms with Gasteiger partial charge in [0, 0.05) is 5.56 Å². The maximum Gasteiger partial charge on any atom is 0.276 e. The van der Waals surface area contributed by atoms with Gasteiger partial charge in [0.2, 0.25) is 0 Å². The van der Waals surface area contributed by atoms with E-state index in [0.717, 1.165) is 0 Å². The zero-order valence-electron chi connectivity index (χ0n) is 14.1. The van der Waals surface area contributed by atoms with Gasteiger partial charge in [-0.15, -0.1) is 5.10 Å². The molecule has 1 aliphatic rings. The summed E-state index contributed by atoms with van der Waals surface area (Å²) in [7, 11) is 0. The molecule has 0 aliphatic carbocycles. The Hall–Kier alpha value is -3.32. The topological polar surface area (TPSA) is 71.6 Å². The van der Waals surface area contributed by atoms with E-state index in [1.54, 1.807) is 31.2 Å². The lowest BCUT2D eigenvalue weighted by atomic mass is 10.1. The van der Waals surface area contributed by atoms with Crippen molar-refractivity contribution < 1.29 is 9.18 Å². The molecule has 0 bridgehead atoms. The summed E-state index contributed by atoms with van der Waals surface area (Å²) in [5, 5.41) is 15.5. The lowest BCUT2D eigenvalue weighted by Crippen LogP contribution is -2.13. The van der Waals surface area contributed by atoms with Crippen molar-refractivity contribution >= 4 is 35.1 Å². The van der Waals surface area contributed by atoms with Gasteiger partial charge in [-0.3, -0.25) is 4.79 Å². The molecule has 6 nitrogen and oxygen atoms in total. The highest BCUT2D eigenvalue weighted by Gasteiger charge is 2.25. The number of aryl methyl sites for hydroxylation is 1. The Balaban J connectivity index is 1.66. The van der Waals surface area contributed by atoms with E-state index in [4.69, 9.17) is 11.6 Å². The first kappa shape index (κ1) is 17.1. The summed E-state index contributed by atoms with van der Waals surface area (Å²) in [5.41, 5.74) is 3.46. The van der Waals surface area contributed by atoms with Gasteiger partial charge in [-0.05, 0) is 37.3 Å². The number of carbonyl (C=O) groups is 1. The minimum Gasteiger partial charge on any atom is -0.320 e. The van der Waals surface area contributed by atoms with Gasteiger partial charge < -0.3 is 5.32 Å². The number of rotatable bonds is 3. The molecule has 1 N–H and O–H groups in total. The smallest absolute Gasteiger partial charge is 0.276 e. The van der Waals surface area contributed by atoms with E-state index in [9.17, 15) is 9.18 Å². The number of para-hydroxylation sites is 1. The maximum absolute atomic E-state index is 13.1. The minimum absolute atomic E-state index is 0.238. The van der Waals surface area contributed by atoms with Crippen molar-refractivity contribution in [2.75, 3.05) is 5.32 Å². The van der Waals surface area contributed by atoms with Crippen molar-refractivity contribution in [2.45, 2.75) is 6.92 Å². The quantitative estimate of drug-likeness (QED) is 0.554. The molecule has 0 radical (unpaired) electrons. The summed E-state index contributed by atoms with van der Waals surface area (Å²) in [6.07, 6.45) is 1.45. The zero-order valence-corrected chi connectivity index (χ0v) is 14.9. The molecule has 0 fully saturated rings. The molecule has 8 heteroatoms. The molecule has 1 amide bonds. The fourth-order valence-electron chi connectivity index (χ4n) is 2.76. The Kier molecular flexibility index (Phi) is 4.29. The molecule has 0 atom stereocenters. The normalized spacial score (nSPS) is 14.8.